The highest BCUT2D eigenvalue weighted by Gasteiger charge is 2.20. The first-order chi connectivity index (χ1) is 16.5. The molecule has 0 aliphatic rings. The molecule has 0 fully saturated rings. The lowest BCUT2D eigenvalue weighted by Gasteiger charge is -2.29. The first kappa shape index (κ1) is 24.0. The number of phenolic OH excluding ortho intramolecular Hbond substituents is 3. The number of phenols is 3. The Bertz CT molecular complexity index is 1350. The number of rotatable bonds is 5. The monoisotopic (exact) mass is 469 g/mol. The highest BCUT2D eigenvalue weighted by atomic mass is 16.5. The van der Waals surface area contributed by atoms with E-state index in [1.54, 1.807) is 18.2 Å². The number of ether oxygens (including phenoxy) is 1. The summed E-state index contributed by atoms with van der Waals surface area (Å²) in [5.74, 6) is 1.83. The molecule has 0 spiro atoms. The van der Waals surface area contributed by atoms with Gasteiger partial charge in [0, 0.05) is 23.9 Å². The largest absolute Gasteiger partial charge is 0.508 e. The molecular formula is C30H31NO4. The van der Waals surface area contributed by atoms with Crippen LogP contribution in [0.2, 0.25) is 0 Å². The molecule has 0 aromatic heterocycles. The van der Waals surface area contributed by atoms with E-state index in [-0.39, 0.29) is 17.2 Å². The Kier molecular flexibility index (Phi) is 6.35. The Hall–Kier alpha value is -4.12. The first-order valence-corrected chi connectivity index (χ1v) is 11.5. The Balaban J connectivity index is 1.80. The van der Waals surface area contributed by atoms with Gasteiger partial charge in [-0.3, -0.25) is 0 Å². The predicted octanol–water partition coefficient (Wildman–Crippen LogP) is 7.92. The lowest BCUT2D eigenvalue weighted by atomic mass is 10.0. The van der Waals surface area contributed by atoms with Crippen molar-refractivity contribution in [2.24, 2.45) is 0 Å². The van der Waals surface area contributed by atoms with E-state index < -0.39 is 0 Å². The molecule has 35 heavy (non-hydrogen) atoms. The maximum atomic E-state index is 10.5. The van der Waals surface area contributed by atoms with Gasteiger partial charge in [0.05, 0.1) is 11.4 Å². The zero-order valence-electron chi connectivity index (χ0n) is 21.0. The van der Waals surface area contributed by atoms with Gasteiger partial charge in [0.2, 0.25) is 0 Å². The zero-order valence-corrected chi connectivity index (χ0v) is 21.0. The number of aryl methyl sites for hydroxylation is 6. The lowest BCUT2D eigenvalue weighted by Crippen LogP contribution is -2.13. The van der Waals surface area contributed by atoms with E-state index in [0.717, 1.165) is 50.4 Å². The molecule has 3 N–H and O–H groups in total. The van der Waals surface area contributed by atoms with Crippen molar-refractivity contribution in [3.05, 3.63) is 94.0 Å². The molecule has 5 heteroatoms. The van der Waals surface area contributed by atoms with Gasteiger partial charge in [-0.05, 0) is 105 Å². The van der Waals surface area contributed by atoms with E-state index in [1.165, 1.54) is 0 Å². The minimum Gasteiger partial charge on any atom is -0.508 e. The molecule has 0 unspecified atom stereocenters. The van der Waals surface area contributed by atoms with Crippen molar-refractivity contribution >= 4 is 17.1 Å². The summed E-state index contributed by atoms with van der Waals surface area (Å²) in [6.07, 6.45) is 0. The Morgan fingerprint density at radius 2 is 0.943 bits per heavy atom. The van der Waals surface area contributed by atoms with Crippen LogP contribution < -0.4 is 9.64 Å². The third-order valence-electron chi connectivity index (χ3n) is 6.33. The van der Waals surface area contributed by atoms with Gasteiger partial charge >= 0.3 is 0 Å². The maximum Gasteiger partial charge on any atom is 0.134 e. The molecule has 0 saturated heterocycles. The summed E-state index contributed by atoms with van der Waals surface area (Å²) in [4.78, 5) is 2.02. The second kappa shape index (κ2) is 9.26. The number of hydrogen-bond acceptors (Lipinski definition) is 5. The van der Waals surface area contributed by atoms with Crippen molar-refractivity contribution in [3.8, 4) is 28.7 Å². The summed E-state index contributed by atoms with van der Waals surface area (Å²) in [7, 11) is 0. The molecular weight excluding hydrogens is 438 g/mol. The molecule has 0 aliphatic heterocycles. The fourth-order valence-electron chi connectivity index (χ4n) is 4.27. The van der Waals surface area contributed by atoms with Crippen LogP contribution in [-0.2, 0) is 0 Å². The molecule has 0 bridgehead atoms. The number of nitrogens with zero attached hydrogens (tertiary/aromatic N) is 1. The van der Waals surface area contributed by atoms with E-state index in [4.69, 9.17) is 4.74 Å². The van der Waals surface area contributed by atoms with Crippen LogP contribution in [0.1, 0.15) is 33.4 Å². The van der Waals surface area contributed by atoms with Gasteiger partial charge in [-0.1, -0.05) is 12.1 Å². The Labute approximate surface area is 206 Å². The molecule has 0 saturated carbocycles. The highest BCUT2D eigenvalue weighted by molar-refractivity contribution is 5.82. The fourth-order valence-corrected chi connectivity index (χ4v) is 4.27. The van der Waals surface area contributed by atoms with Crippen LogP contribution in [0.25, 0.3) is 0 Å². The molecule has 5 nitrogen and oxygen atoms in total. The summed E-state index contributed by atoms with van der Waals surface area (Å²) in [5.41, 5.74) is 7.79. The van der Waals surface area contributed by atoms with Crippen molar-refractivity contribution in [1.82, 2.24) is 0 Å². The van der Waals surface area contributed by atoms with Gasteiger partial charge < -0.3 is 25.0 Å². The van der Waals surface area contributed by atoms with Crippen molar-refractivity contribution in [1.29, 1.82) is 0 Å². The SMILES string of the molecule is Cc1cc(C)c(Oc2ccc(N(c3cc(O)c(C)cc3C)c3cc(O)c(C)cc3C)cc2)cc1O. The number of anilines is 3. The maximum absolute atomic E-state index is 10.5. The van der Waals surface area contributed by atoms with Crippen molar-refractivity contribution in [2.45, 2.75) is 41.5 Å². The van der Waals surface area contributed by atoms with Crippen molar-refractivity contribution in [2.75, 3.05) is 4.90 Å². The van der Waals surface area contributed by atoms with Gasteiger partial charge in [-0.15, -0.1) is 0 Å². The smallest absolute Gasteiger partial charge is 0.134 e. The highest BCUT2D eigenvalue weighted by Crippen LogP contribution is 2.43. The van der Waals surface area contributed by atoms with Gasteiger partial charge in [-0.2, -0.15) is 0 Å². The zero-order chi connectivity index (χ0) is 25.4. The molecule has 4 aromatic carbocycles. The second-order valence-electron chi connectivity index (χ2n) is 9.19. The summed E-state index contributed by atoms with van der Waals surface area (Å²) >= 11 is 0. The van der Waals surface area contributed by atoms with E-state index in [2.05, 4.69) is 0 Å². The Morgan fingerprint density at radius 3 is 1.43 bits per heavy atom. The third-order valence-corrected chi connectivity index (χ3v) is 6.33. The fraction of sp³-hybridized carbons (Fsp3) is 0.200. The van der Waals surface area contributed by atoms with Crippen molar-refractivity contribution < 1.29 is 20.1 Å². The van der Waals surface area contributed by atoms with Crippen LogP contribution in [0, 0.1) is 41.5 Å². The molecule has 4 aromatic rings. The van der Waals surface area contributed by atoms with Gasteiger partial charge in [-0.25, -0.2) is 0 Å². The minimum atomic E-state index is 0.192. The van der Waals surface area contributed by atoms with Crippen molar-refractivity contribution in [3.63, 3.8) is 0 Å². The molecule has 0 radical (unpaired) electrons. The molecule has 0 heterocycles. The quantitative estimate of drug-likeness (QED) is 0.277. The predicted molar refractivity (Wildman–Crippen MR) is 141 cm³/mol. The Morgan fingerprint density at radius 1 is 0.514 bits per heavy atom. The molecule has 0 amide bonds. The van der Waals surface area contributed by atoms with Gasteiger partial charge in [0.1, 0.15) is 28.7 Å². The van der Waals surface area contributed by atoms with E-state index in [9.17, 15) is 15.3 Å². The molecule has 4 rings (SSSR count). The number of benzene rings is 4. The van der Waals surface area contributed by atoms with E-state index >= 15 is 0 Å². The number of aromatic hydroxyl groups is 3. The lowest BCUT2D eigenvalue weighted by molar-refractivity contribution is 0.450. The van der Waals surface area contributed by atoms with Crippen LogP contribution in [0.3, 0.4) is 0 Å². The van der Waals surface area contributed by atoms with Crippen LogP contribution in [0.15, 0.2) is 60.7 Å². The van der Waals surface area contributed by atoms with E-state index in [0.29, 0.717) is 11.5 Å². The average molecular weight is 470 g/mol. The molecule has 0 atom stereocenters. The first-order valence-electron chi connectivity index (χ1n) is 11.5. The van der Waals surface area contributed by atoms with Crippen LogP contribution >= 0.6 is 0 Å². The molecule has 180 valence electrons. The van der Waals surface area contributed by atoms with Crippen LogP contribution in [0.5, 0.6) is 28.7 Å². The average Bonchev–Trinajstić information content (AvgIpc) is 2.80. The molecule has 0 aliphatic carbocycles. The third kappa shape index (κ3) is 4.76. The van der Waals surface area contributed by atoms with Gasteiger partial charge in [0.15, 0.2) is 0 Å². The van der Waals surface area contributed by atoms with Gasteiger partial charge in [0.25, 0.3) is 0 Å². The summed E-state index contributed by atoms with van der Waals surface area (Å²) in [5, 5.41) is 31.1. The summed E-state index contributed by atoms with van der Waals surface area (Å²) < 4.78 is 6.05. The standard InChI is InChI=1S/C30H31NO4/c1-17-11-19(3)27(32)14-25(17)31(26-15-28(33)20(4)12-18(26)2)23-7-9-24(10-8-23)35-30-16-29(34)21(5)13-22(30)6/h7-16,32-34H,1-6H3. The van der Waals surface area contributed by atoms with Crippen LogP contribution in [0.4, 0.5) is 17.1 Å². The van der Waals surface area contributed by atoms with Crippen LogP contribution in [-0.4, -0.2) is 15.3 Å². The van der Waals surface area contributed by atoms with E-state index in [1.807, 2.05) is 88.9 Å². The topological polar surface area (TPSA) is 73.2 Å². The second-order valence-corrected chi connectivity index (χ2v) is 9.19. The summed E-state index contributed by atoms with van der Waals surface area (Å²) in [6, 6.07) is 18.5. The number of hydrogen-bond donors (Lipinski definition) is 3. The summed E-state index contributed by atoms with van der Waals surface area (Å²) in [6.45, 7) is 11.5. The minimum absolute atomic E-state index is 0.192. The normalized spacial score (nSPS) is 10.9.